The van der Waals surface area contributed by atoms with Gasteiger partial charge in [-0.15, -0.1) is 0 Å². The lowest BCUT2D eigenvalue weighted by Crippen LogP contribution is -2.49. The molecule has 0 saturated carbocycles. The summed E-state index contributed by atoms with van der Waals surface area (Å²) < 4.78 is 7.38. The number of amides is 2. The van der Waals surface area contributed by atoms with E-state index in [0.717, 1.165) is 22.0 Å². The third-order valence-corrected chi connectivity index (χ3v) is 4.60. The predicted molar refractivity (Wildman–Crippen MR) is 116 cm³/mol. The monoisotopic (exact) mass is 408 g/mol. The molecule has 0 aliphatic carbocycles. The maximum atomic E-state index is 13.0. The highest BCUT2D eigenvalue weighted by atomic mass is 16.6. The van der Waals surface area contributed by atoms with Crippen LogP contribution in [0.2, 0.25) is 0 Å². The number of carbonyl (C=O) groups is 2. The number of para-hydroxylation sites is 1. The van der Waals surface area contributed by atoms with Crippen LogP contribution in [0.3, 0.4) is 0 Å². The van der Waals surface area contributed by atoms with Crippen LogP contribution in [0.4, 0.5) is 4.79 Å². The smallest absolute Gasteiger partial charge is 0.408 e. The molecule has 0 bridgehead atoms. The number of rotatable bonds is 6. The van der Waals surface area contributed by atoms with Gasteiger partial charge >= 0.3 is 6.09 Å². The van der Waals surface area contributed by atoms with Crippen LogP contribution in [-0.4, -0.2) is 33.2 Å². The summed E-state index contributed by atoms with van der Waals surface area (Å²) in [4.78, 5) is 29.4. The summed E-state index contributed by atoms with van der Waals surface area (Å²) in [6.45, 7) is 5.69. The van der Waals surface area contributed by atoms with Gasteiger partial charge in [0.15, 0.2) is 0 Å². The van der Waals surface area contributed by atoms with Crippen LogP contribution < -0.4 is 10.6 Å². The van der Waals surface area contributed by atoms with Gasteiger partial charge in [-0.25, -0.2) is 4.79 Å². The number of carbonyl (C=O) groups excluding carboxylic acids is 2. The Kier molecular flexibility index (Phi) is 6.40. The number of benzene rings is 1. The van der Waals surface area contributed by atoms with Crippen molar-refractivity contribution in [1.29, 1.82) is 0 Å². The van der Waals surface area contributed by atoms with E-state index in [2.05, 4.69) is 15.6 Å². The van der Waals surface area contributed by atoms with Crippen molar-refractivity contribution >= 4 is 22.9 Å². The topological polar surface area (TPSA) is 85.2 Å². The van der Waals surface area contributed by atoms with Crippen molar-refractivity contribution in [3.63, 3.8) is 0 Å². The Bertz CT molecular complexity index is 1020. The third-order valence-electron chi connectivity index (χ3n) is 4.60. The molecule has 30 heavy (non-hydrogen) atoms. The first-order valence-corrected chi connectivity index (χ1v) is 9.92. The molecule has 3 aromatic rings. The SMILES string of the molecule is Cn1cc(CC(NC(=O)OC(C)(C)C)C(=O)NCc2cccnc2)c2ccccc21. The van der Waals surface area contributed by atoms with Crippen molar-refractivity contribution in [2.45, 2.75) is 45.4 Å². The Morgan fingerprint density at radius 3 is 2.63 bits per heavy atom. The quantitative estimate of drug-likeness (QED) is 0.655. The fourth-order valence-electron chi connectivity index (χ4n) is 3.28. The maximum absolute atomic E-state index is 13.0. The molecule has 2 amide bonds. The first kappa shape index (κ1) is 21.4. The van der Waals surface area contributed by atoms with Crippen molar-refractivity contribution in [3.05, 3.63) is 66.1 Å². The van der Waals surface area contributed by atoms with Gasteiger partial charge in [-0.05, 0) is 44.0 Å². The van der Waals surface area contributed by atoms with Gasteiger partial charge in [0.05, 0.1) is 0 Å². The number of pyridine rings is 1. The Morgan fingerprint density at radius 2 is 1.93 bits per heavy atom. The minimum atomic E-state index is -0.776. The average Bonchev–Trinajstić information content (AvgIpc) is 3.01. The summed E-state index contributed by atoms with van der Waals surface area (Å²) in [5, 5.41) is 6.67. The lowest BCUT2D eigenvalue weighted by atomic mass is 10.0. The zero-order valence-electron chi connectivity index (χ0n) is 17.8. The number of aryl methyl sites for hydroxylation is 1. The van der Waals surface area contributed by atoms with E-state index in [9.17, 15) is 9.59 Å². The lowest BCUT2D eigenvalue weighted by molar-refractivity contribution is -0.123. The molecule has 3 rings (SSSR count). The average molecular weight is 409 g/mol. The largest absolute Gasteiger partial charge is 0.444 e. The summed E-state index contributed by atoms with van der Waals surface area (Å²) in [6, 6.07) is 10.9. The van der Waals surface area contributed by atoms with Gasteiger partial charge in [-0.2, -0.15) is 0 Å². The van der Waals surface area contributed by atoms with E-state index < -0.39 is 17.7 Å². The number of hydrogen-bond donors (Lipinski definition) is 2. The fraction of sp³-hybridized carbons (Fsp3) is 0.348. The number of ether oxygens (including phenoxy) is 1. The molecule has 1 atom stereocenters. The highest BCUT2D eigenvalue weighted by Gasteiger charge is 2.25. The molecular formula is C23H28N4O3. The van der Waals surface area contributed by atoms with Crippen LogP contribution in [-0.2, 0) is 29.5 Å². The second-order valence-corrected chi connectivity index (χ2v) is 8.26. The van der Waals surface area contributed by atoms with Crippen LogP contribution in [0.25, 0.3) is 10.9 Å². The van der Waals surface area contributed by atoms with Crippen LogP contribution in [0.5, 0.6) is 0 Å². The zero-order valence-corrected chi connectivity index (χ0v) is 17.8. The number of fused-ring (bicyclic) bond motifs is 1. The van der Waals surface area contributed by atoms with Crippen molar-refractivity contribution in [3.8, 4) is 0 Å². The number of aromatic nitrogens is 2. The molecule has 7 heteroatoms. The predicted octanol–water partition coefficient (Wildman–Crippen LogP) is 3.33. The number of alkyl carbamates (subject to hydrolysis) is 1. The maximum Gasteiger partial charge on any atom is 0.408 e. The molecule has 2 aromatic heterocycles. The summed E-state index contributed by atoms with van der Waals surface area (Å²) in [6.07, 6.45) is 5.09. The first-order chi connectivity index (χ1) is 14.2. The number of nitrogens with one attached hydrogen (secondary N) is 2. The van der Waals surface area contributed by atoms with Crippen LogP contribution >= 0.6 is 0 Å². The zero-order chi connectivity index (χ0) is 21.7. The number of nitrogens with zero attached hydrogens (tertiary/aromatic N) is 2. The lowest BCUT2D eigenvalue weighted by Gasteiger charge is -2.23. The van der Waals surface area contributed by atoms with E-state index >= 15 is 0 Å². The van der Waals surface area contributed by atoms with Gasteiger partial charge in [0.25, 0.3) is 0 Å². The molecule has 2 heterocycles. The Balaban J connectivity index is 1.79. The molecule has 1 unspecified atom stereocenters. The van der Waals surface area contributed by atoms with Gasteiger partial charge in [0.1, 0.15) is 11.6 Å². The second-order valence-electron chi connectivity index (χ2n) is 8.26. The highest BCUT2D eigenvalue weighted by Crippen LogP contribution is 2.22. The Morgan fingerprint density at radius 1 is 1.17 bits per heavy atom. The molecule has 7 nitrogen and oxygen atoms in total. The van der Waals surface area contributed by atoms with Crippen LogP contribution in [0, 0.1) is 0 Å². The third kappa shape index (κ3) is 5.59. The van der Waals surface area contributed by atoms with E-state index in [1.807, 2.05) is 54.2 Å². The second kappa shape index (κ2) is 8.98. The minimum absolute atomic E-state index is 0.280. The normalized spacial score (nSPS) is 12.4. The van der Waals surface area contributed by atoms with Gasteiger partial charge < -0.3 is 19.9 Å². The van der Waals surface area contributed by atoms with Gasteiger partial charge in [-0.1, -0.05) is 24.3 Å². The molecule has 0 fully saturated rings. The van der Waals surface area contributed by atoms with Gasteiger partial charge in [0, 0.05) is 49.5 Å². The first-order valence-electron chi connectivity index (χ1n) is 9.92. The van der Waals surface area contributed by atoms with E-state index in [4.69, 9.17) is 4.74 Å². The van der Waals surface area contributed by atoms with Crippen molar-refractivity contribution in [2.75, 3.05) is 0 Å². The minimum Gasteiger partial charge on any atom is -0.444 e. The molecule has 0 aliphatic heterocycles. The van der Waals surface area contributed by atoms with E-state index in [0.29, 0.717) is 13.0 Å². The molecular weight excluding hydrogens is 380 g/mol. The Labute approximate surface area is 176 Å². The molecule has 0 aliphatic rings. The molecule has 158 valence electrons. The molecule has 1 aromatic carbocycles. The van der Waals surface area contributed by atoms with Gasteiger partial charge in [0.2, 0.25) is 5.91 Å². The van der Waals surface area contributed by atoms with Crippen LogP contribution in [0.1, 0.15) is 31.9 Å². The standard InChI is InChI=1S/C23H28N4O3/c1-23(2,3)30-22(29)26-19(21(28)25-14-16-8-7-11-24-13-16)12-17-15-27(4)20-10-6-5-9-18(17)20/h5-11,13,15,19H,12,14H2,1-4H3,(H,25,28)(H,26,29). The fourth-order valence-corrected chi connectivity index (χ4v) is 3.28. The summed E-state index contributed by atoms with van der Waals surface area (Å²) >= 11 is 0. The van der Waals surface area contributed by atoms with E-state index in [1.165, 1.54) is 0 Å². The molecule has 0 saturated heterocycles. The van der Waals surface area contributed by atoms with E-state index in [-0.39, 0.29) is 5.91 Å². The van der Waals surface area contributed by atoms with Crippen LogP contribution in [0.15, 0.2) is 55.0 Å². The van der Waals surface area contributed by atoms with Crippen molar-refractivity contribution in [1.82, 2.24) is 20.2 Å². The Hall–Kier alpha value is -3.35. The van der Waals surface area contributed by atoms with Gasteiger partial charge in [-0.3, -0.25) is 9.78 Å². The van der Waals surface area contributed by atoms with Crippen molar-refractivity contribution in [2.24, 2.45) is 7.05 Å². The molecule has 2 N–H and O–H groups in total. The molecule has 0 radical (unpaired) electrons. The summed E-state index contributed by atoms with van der Waals surface area (Å²) in [5.74, 6) is -0.280. The number of hydrogen-bond acceptors (Lipinski definition) is 4. The highest BCUT2D eigenvalue weighted by molar-refractivity contribution is 5.88. The summed E-state index contributed by atoms with van der Waals surface area (Å²) in [7, 11) is 1.96. The van der Waals surface area contributed by atoms with E-state index in [1.54, 1.807) is 33.2 Å². The molecule has 0 spiro atoms. The summed E-state index contributed by atoms with van der Waals surface area (Å²) in [5.41, 5.74) is 2.28. The van der Waals surface area contributed by atoms with Crippen molar-refractivity contribution < 1.29 is 14.3 Å².